The molecule has 9 heteroatoms. The van der Waals surface area contributed by atoms with Gasteiger partial charge in [-0.2, -0.15) is 8.42 Å². The van der Waals surface area contributed by atoms with Crippen molar-refractivity contribution in [1.29, 1.82) is 0 Å². The van der Waals surface area contributed by atoms with E-state index < -0.39 is 21.5 Å². The maximum atomic E-state index is 12.2. The van der Waals surface area contributed by atoms with E-state index in [-0.39, 0.29) is 23.5 Å². The topological polar surface area (TPSA) is 104 Å². The second-order valence-electron chi connectivity index (χ2n) is 13.7. The molecule has 0 bridgehead atoms. The molecule has 3 aliphatic rings. The van der Waals surface area contributed by atoms with Crippen LogP contribution in [0, 0.1) is 6.92 Å². The van der Waals surface area contributed by atoms with Crippen LogP contribution in [0.5, 0.6) is 0 Å². The van der Waals surface area contributed by atoms with Gasteiger partial charge in [-0.15, -0.1) is 0 Å². The third-order valence-electron chi connectivity index (χ3n) is 9.99. The van der Waals surface area contributed by atoms with E-state index in [4.69, 9.17) is 9.84 Å². The molecule has 268 valence electrons. The van der Waals surface area contributed by atoms with Crippen molar-refractivity contribution in [3.63, 3.8) is 0 Å². The van der Waals surface area contributed by atoms with E-state index in [1.807, 2.05) is 6.92 Å². The number of para-hydroxylation sites is 1. The molecule has 0 spiro atoms. The number of carboxylic acids is 1. The number of hydrogen-bond donors (Lipinski definition) is 2. The van der Waals surface area contributed by atoms with Crippen LogP contribution in [0.25, 0.3) is 0 Å². The van der Waals surface area contributed by atoms with E-state index in [9.17, 15) is 17.8 Å². The second-order valence-corrected chi connectivity index (χ2v) is 16.1. The predicted molar refractivity (Wildman–Crippen MR) is 201 cm³/mol. The van der Waals surface area contributed by atoms with Gasteiger partial charge in [0.25, 0.3) is 10.1 Å². The Hall–Kier alpha value is -2.85. The summed E-state index contributed by atoms with van der Waals surface area (Å²) in [6, 6.07) is 13.2. The van der Waals surface area contributed by atoms with Crippen molar-refractivity contribution < 1.29 is 27.6 Å². The Morgan fingerprint density at radius 1 is 1.04 bits per heavy atom. The Morgan fingerprint density at radius 3 is 2.41 bits per heavy atom. The maximum Gasteiger partial charge on any atom is 0.303 e. The fourth-order valence-electron chi connectivity index (χ4n) is 7.16. The Kier molecular flexibility index (Phi) is 13.8. The zero-order valence-electron chi connectivity index (χ0n) is 30.0. The molecule has 2 N–H and O–H groups in total. The molecule has 5 rings (SSSR count). The normalized spacial score (nSPS) is 19.6. The quantitative estimate of drug-likeness (QED) is 0.139. The highest BCUT2D eigenvalue weighted by Gasteiger charge is 2.42. The van der Waals surface area contributed by atoms with Crippen molar-refractivity contribution in [2.24, 2.45) is 0 Å². The monoisotopic (exact) mass is 709 g/mol. The van der Waals surface area contributed by atoms with Crippen LogP contribution in [0.15, 0.2) is 86.7 Å². The van der Waals surface area contributed by atoms with Crippen LogP contribution in [0.3, 0.4) is 0 Å². The summed E-state index contributed by atoms with van der Waals surface area (Å²) in [5.74, 6) is -0.812. The Morgan fingerprint density at radius 2 is 1.76 bits per heavy atom. The fourth-order valence-corrected chi connectivity index (χ4v) is 8.91. The molecule has 3 aliphatic heterocycles. The summed E-state index contributed by atoms with van der Waals surface area (Å²) in [5, 5.41) is 10.3. The average Bonchev–Trinajstić information content (AvgIpc) is 3.45. The molecule has 2 aromatic carbocycles. The van der Waals surface area contributed by atoms with Crippen LogP contribution in [0.1, 0.15) is 116 Å². The number of aryl methyl sites for hydroxylation is 1. The highest BCUT2D eigenvalue weighted by Crippen LogP contribution is 2.53. The van der Waals surface area contributed by atoms with Crippen LogP contribution < -0.4 is 4.90 Å². The highest BCUT2D eigenvalue weighted by molar-refractivity contribution is 8.03. The lowest BCUT2D eigenvalue weighted by molar-refractivity contribution is -0.137. The lowest BCUT2D eigenvalue weighted by Crippen LogP contribution is -2.40. The van der Waals surface area contributed by atoms with Crippen LogP contribution in [0.2, 0.25) is 0 Å². The van der Waals surface area contributed by atoms with Gasteiger partial charge in [-0.1, -0.05) is 109 Å². The first-order valence-electron chi connectivity index (χ1n) is 18.0. The number of nitrogens with zero attached hydrogens (tertiary/aromatic N) is 1. The zero-order chi connectivity index (χ0) is 35.8. The SMILES string of the molecule is C=C(C1=CC2=C3Sc4ccccc4N3CCC2OC1CCC)C(C)(CCCCCC(=O)O)c1cc(S(=O)(=O)O)ccc1C.CCCCCC. The standard InChI is InChI=1S/C34H41NO6S2.C6H14/c1-5-11-29-25(21-26-30(41-29)17-19-35-28-12-8-9-13-31(28)42-33(26)35)23(3)34(4,18-10-6-7-14-32(36)37)27-20-24(43(38,39)40)16-15-22(27)2;1-3-5-6-4-2/h8-9,12-13,15-16,20-21,29-30H,3,5-7,10-11,14,17-19H2,1-2,4H3,(H,36,37)(H,38,39,40);3-6H2,1-2H3. The summed E-state index contributed by atoms with van der Waals surface area (Å²) in [4.78, 5) is 14.6. The van der Waals surface area contributed by atoms with E-state index in [1.165, 1.54) is 47.4 Å². The number of fused-ring (bicyclic) bond motifs is 4. The number of unbranched alkanes of at least 4 members (excludes halogenated alkanes) is 5. The van der Waals surface area contributed by atoms with Crippen molar-refractivity contribution in [2.45, 2.75) is 139 Å². The molecule has 0 aliphatic carbocycles. The number of hydrogen-bond acceptors (Lipinski definition) is 6. The molecule has 0 saturated carbocycles. The molecule has 3 unspecified atom stereocenters. The first-order chi connectivity index (χ1) is 23.3. The van der Waals surface area contributed by atoms with Gasteiger partial charge < -0.3 is 14.7 Å². The van der Waals surface area contributed by atoms with Gasteiger partial charge in [-0.05, 0) is 85.2 Å². The molecule has 3 atom stereocenters. The molecular weight excluding hydrogens is 655 g/mol. The lowest BCUT2D eigenvalue weighted by Gasteiger charge is -2.43. The van der Waals surface area contributed by atoms with Crippen molar-refractivity contribution in [1.82, 2.24) is 0 Å². The van der Waals surface area contributed by atoms with Gasteiger partial charge in [0.15, 0.2) is 0 Å². The van der Waals surface area contributed by atoms with E-state index in [0.717, 1.165) is 66.5 Å². The Balaban J connectivity index is 0.000000827. The highest BCUT2D eigenvalue weighted by atomic mass is 32.2. The maximum absolute atomic E-state index is 12.2. The summed E-state index contributed by atoms with van der Waals surface area (Å²) >= 11 is 1.78. The van der Waals surface area contributed by atoms with Gasteiger partial charge in [0.1, 0.15) is 0 Å². The second kappa shape index (κ2) is 17.4. The van der Waals surface area contributed by atoms with E-state index in [2.05, 4.69) is 69.5 Å². The molecule has 2 aromatic rings. The van der Waals surface area contributed by atoms with Crippen LogP contribution in [-0.4, -0.2) is 42.8 Å². The summed E-state index contributed by atoms with van der Waals surface area (Å²) in [6.45, 7) is 16.2. The summed E-state index contributed by atoms with van der Waals surface area (Å²) in [7, 11) is -4.41. The van der Waals surface area contributed by atoms with Crippen molar-refractivity contribution in [3.05, 3.63) is 88.0 Å². The molecule has 3 heterocycles. The first-order valence-corrected chi connectivity index (χ1v) is 20.3. The Labute approximate surface area is 298 Å². The number of aliphatic carboxylic acids is 1. The molecular formula is C40H55NO6S2. The zero-order valence-corrected chi connectivity index (χ0v) is 31.6. The van der Waals surface area contributed by atoms with Crippen molar-refractivity contribution in [3.8, 4) is 0 Å². The van der Waals surface area contributed by atoms with E-state index in [0.29, 0.717) is 12.8 Å². The van der Waals surface area contributed by atoms with Gasteiger partial charge in [0.05, 0.1) is 27.8 Å². The number of carboxylic acid groups (broad SMARTS) is 1. The number of carbonyl (C=O) groups is 1. The molecule has 0 fully saturated rings. The fraction of sp³-hybridized carbons (Fsp3) is 0.525. The number of thioether (sulfide) groups is 1. The van der Waals surface area contributed by atoms with Gasteiger partial charge >= 0.3 is 5.97 Å². The van der Waals surface area contributed by atoms with Gasteiger partial charge in [-0.25, -0.2) is 0 Å². The third-order valence-corrected chi connectivity index (χ3v) is 12.1. The van der Waals surface area contributed by atoms with Gasteiger partial charge in [0.2, 0.25) is 0 Å². The molecule has 0 saturated heterocycles. The van der Waals surface area contributed by atoms with E-state index >= 15 is 0 Å². The van der Waals surface area contributed by atoms with Crippen molar-refractivity contribution in [2.75, 3.05) is 11.4 Å². The van der Waals surface area contributed by atoms with E-state index in [1.54, 1.807) is 23.9 Å². The minimum atomic E-state index is -4.41. The van der Waals surface area contributed by atoms with Crippen LogP contribution >= 0.6 is 11.8 Å². The van der Waals surface area contributed by atoms with Gasteiger partial charge in [-0.3, -0.25) is 9.35 Å². The summed E-state index contributed by atoms with van der Waals surface area (Å²) < 4.78 is 41.1. The summed E-state index contributed by atoms with van der Waals surface area (Å²) in [6.07, 6.45) is 13.1. The largest absolute Gasteiger partial charge is 0.481 e. The predicted octanol–water partition coefficient (Wildman–Crippen LogP) is 10.4. The minimum absolute atomic E-state index is 0.00645. The summed E-state index contributed by atoms with van der Waals surface area (Å²) in [5.41, 5.74) is 5.26. The van der Waals surface area contributed by atoms with Crippen molar-refractivity contribution >= 4 is 33.5 Å². The smallest absolute Gasteiger partial charge is 0.303 e. The molecule has 0 radical (unpaired) electrons. The molecule has 49 heavy (non-hydrogen) atoms. The molecule has 0 aromatic heterocycles. The first kappa shape index (κ1) is 38.9. The molecule has 0 amide bonds. The number of benzene rings is 2. The Bertz CT molecular complexity index is 1660. The molecule has 7 nitrogen and oxygen atoms in total. The number of anilines is 1. The number of ether oxygens (including phenoxy) is 1. The van der Waals surface area contributed by atoms with Gasteiger partial charge in [0, 0.05) is 28.8 Å². The lowest BCUT2D eigenvalue weighted by atomic mass is 9.67. The van der Waals surface area contributed by atoms with Crippen LogP contribution in [-0.2, 0) is 25.1 Å². The number of rotatable bonds is 15. The minimum Gasteiger partial charge on any atom is -0.481 e. The third kappa shape index (κ3) is 9.29. The van der Waals surface area contributed by atoms with Crippen LogP contribution in [0.4, 0.5) is 5.69 Å². The average molecular weight is 710 g/mol.